The van der Waals surface area contributed by atoms with Crippen LogP contribution in [-0.2, 0) is 12.2 Å². The number of aryl methyl sites for hydroxylation is 2. The molecule has 0 N–H and O–H groups in total. The summed E-state index contributed by atoms with van der Waals surface area (Å²) in [5.74, 6) is 0.114. The number of nitrogens with zero attached hydrogens (tertiary/aromatic N) is 5. The number of likely N-dealkylation sites (tertiary alicyclic amines) is 1. The lowest BCUT2D eigenvalue weighted by Crippen LogP contribution is -2.47. The number of piperidine rings is 1. The van der Waals surface area contributed by atoms with E-state index in [4.69, 9.17) is 4.52 Å². The first-order valence-electron chi connectivity index (χ1n) is 7.34. The summed E-state index contributed by atoms with van der Waals surface area (Å²) in [5.41, 5.74) is -1.32. The summed E-state index contributed by atoms with van der Waals surface area (Å²) < 4.78 is 21.7. The molecule has 1 aliphatic rings. The summed E-state index contributed by atoms with van der Waals surface area (Å²) in [6, 6.07) is 1.65. The largest absolute Gasteiger partial charge is 0.336 e. The molecule has 1 saturated heterocycles. The number of hydrogen-bond donors (Lipinski definition) is 0. The molecule has 1 atom stereocenters. The Kier molecular flexibility index (Phi) is 3.67. The molecule has 8 heteroatoms. The number of rotatable bonds is 3. The average molecular weight is 307 g/mol. The molecular formula is C14H18FN5O2. The van der Waals surface area contributed by atoms with Crippen molar-refractivity contribution >= 4 is 5.91 Å². The first kappa shape index (κ1) is 14.7. The van der Waals surface area contributed by atoms with E-state index in [1.165, 1.54) is 4.90 Å². The number of alkyl halides is 1. The van der Waals surface area contributed by atoms with Crippen LogP contribution in [0, 0.1) is 6.92 Å². The molecule has 1 aliphatic heterocycles. The molecular weight excluding hydrogens is 289 g/mol. The van der Waals surface area contributed by atoms with Gasteiger partial charge in [-0.25, -0.2) is 4.39 Å². The maximum Gasteiger partial charge on any atom is 0.272 e. The van der Waals surface area contributed by atoms with Crippen LogP contribution in [0.5, 0.6) is 0 Å². The standard InChI is InChI=1S/C14H18FN5O2/c1-3-20-11(5-7-16-20)12(21)19-8-4-6-14(15,9-19)13-17-10(2)18-22-13/h5,7H,3-4,6,8-9H2,1-2H3. The SMILES string of the molecule is CCn1nccc1C(=O)N1CCCC(F)(c2nc(C)no2)C1. The number of aromatic nitrogens is 4. The molecule has 0 saturated carbocycles. The van der Waals surface area contributed by atoms with E-state index in [-0.39, 0.29) is 24.8 Å². The lowest BCUT2D eigenvalue weighted by atomic mass is 9.94. The van der Waals surface area contributed by atoms with Crippen LogP contribution >= 0.6 is 0 Å². The van der Waals surface area contributed by atoms with Crippen molar-refractivity contribution in [3.05, 3.63) is 29.7 Å². The number of hydrogen-bond acceptors (Lipinski definition) is 5. The van der Waals surface area contributed by atoms with Crippen molar-refractivity contribution in [2.75, 3.05) is 13.1 Å². The first-order chi connectivity index (χ1) is 10.5. The van der Waals surface area contributed by atoms with Crippen molar-refractivity contribution in [2.24, 2.45) is 0 Å². The molecule has 3 rings (SSSR count). The monoisotopic (exact) mass is 307 g/mol. The van der Waals surface area contributed by atoms with Crippen LogP contribution in [0.25, 0.3) is 0 Å². The Morgan fingerprint density at radius 3 is 3.05 bits per heavy atom. The minimum Gasteiger partial charge on any atom is -0.336 e. The summed E-state index contributed by atoms with van der Waals surface area (Å²) in [5, 5.41) is 7.72. The fraction of sp³-hybridized carbons (Fsp3) is 0.571. The Morgan fingerprint density at radius 1 is 1.55 bits per heavy atom. The van der Waals surface area contributed by atoms with Gasteiger partial charge < -0.3 is 9.42 Å². The zero-order chi connectivity index (χ0) is 15.7. The maximum atomic E-state index is 15.1. The van der Waals surface area contributed by atoms with Gasteiger partial charge >= 0.3 is 0 Å². The van der Waals surface area contributed by atoms with Crippen LogP contribution in [0.1, 0.15) is 42.0 Å². The Morgan fingerprint density at radius 2 is 2.36 bits per heavy atom. The molecule has 0 aliphatic carbocycles. The van der Waals surface area contributed by atoms with Crippen molar-refractivity contribution in [2.45, 2.75) is 38.9 Å². The summed E-state index contributed by atoms with van der Waals surface area (Å²) in [7, 11) is 0. The number of halogens is 1. The number of amides is 1. The minimum atomic E-state index is -1.79. The van der Waals surface area contributed by atoms with Crippen LogP contribution in [0.4, 0.5) is 4.39 Å². The first-order valence-corrected chi connectivity index (χ1v) is 7.34. The van der Waals surface area contributed by atoms with E-state index in [2.05, 4.69) is 15.2 Å². The van der Waals surface area contributed by atoms with Gasteiger partial charge in [-0.05, 0) is 32.8 Å². The molecule has 2 aromatic heterocycles. The Bertz CT molecular complexity index is 682. The highest BCUT2D eigenvalue weighted by atomic mass is 19.1. The van der Waals surface area contributed by atoms with Gasteiger partial charge in [0, 0.05) is 19.3 Å². The Hall–Kier alpha value is -2.25. The third kappa shape index (κ3) is 2.49. The molecule has 2 aromatic rings. The van der Waals surface area contributed by atoms with Crippen LogP contribution in [0.3, 0.4) is 0 Å². The highest BCUT2D eigenvalue weighted by Crippen LogP contribution is 2.35. The molecule has 1 unspecified atom stereocenters. The van der Waals surface area contributed by atoms with Crippen molar-refractivity contribution in [3.8, 4) is 0 Å². The second kappa shape index (κ2) is 5.51. The van der Waals surface area contributed by atoms with Crippen molar-refractivity contribution < 1.29 is 13.7 Å². The third-order valence-corrected chi connectivity index (χ3v) is 3.88. The number of carbonyl (C=O) groups excluding carboxylic acids is 1. The predicted octanol–water partition coefficient (Wildman–Crippen LogP) is 1.70. The fourth-order valence-corrected chi connectivity index (χ4v) is 2.77. The molecule has 7 nitrogen and oxygen atoms in total. The van der Waals surface area contributed by atoms with E-state index in [0.29, 0.717) is 31.0 Å². The van der Waals surface area contributed by atoms with Gasteiger partial charge in [-0.3, -0.25) is 9.48 Å². The Balaban J connectivity index is 1.82. The normalized spacial score (nSPS) is 22.0. The molecule has 22 heavy (non-hydrogen) atoms. The molecule has 0 aromatic carbocycles. The highest BCUT2D eigenvalue weighted by Gasteiger charge is 2.44. The van der Waals surface area contributed by atoms with Gasteiger partial charge in [0.25, 0.3) is 11.8 Å². The van der Waals surface area contributed by atoms with Crippen LogP contribution < -0.4 is 0 Å². The molecule has 3 heterocycles. The Labute approximate surface area is 127 Å². The smallest absolute Gasteiger partial charge is 0.272 e. The van der Waals surface area contributed by atoms with Gasteiger partial charge in [0.2, 0.25) is 5.67 Å². The van der Waals surface area contributed by atoms with Gasteiger partial charge in [-0.2, -0.15) is 10.1 Å². The molecule has 1 amide bonds. The van der Waals surface area contributed by atoms with E-state index >= 15 is 4.39 Å². The van der Waals surface area contributed by atoms with Gasteiger partial charge in [-0.1, -0.05) is 5.16 Å². The van der Waals surface area contributed by atoms with E-state index in [0.717, 1.165) is 0 Å². The van der Waals surface area contributed by atoms with E-state index in [1.54, 1.807) is 23.9 Å². The van der Waals surface area contributed by atoms with Crippen LogP contribution in [0.2, 0.25) is 0 Å². The van der Waals surface area contributed by atoms with Crippen LogP contribution in [0.15, 0.2) is 16.8 Å². The molecule has 118 valence electrons. The van der Waals surface area contributed by atoms with E-state index in [1.807, 2.05) is 6.92 Å². The van der Waals surface area contributed by atoms with Crippen LogP contribution in [-0.4, -0.2) is 43.8 Å². The lowest BCUT2D eigenvalue weighted by Gasteiger charge is -2.35. The summed E-state index contributed by atoms with van der Waals surface area (Å²) >= 11 is 0. The van der Waals surface area contributed by atoms with Crippen molar-refractivity contribution in [1.29, 1.82) is 0 Å². The van der Waals surface area contributed by atoms with Gasteiger partial charge in [0.15, 0.2) is 5.82 Å². The third-order valence-electron chi connectivity index (χ3n) is 3.88. The second-order valence-corrected chi connectivity index (χ2v) is 5.47. The van der Waals surface area contributed by atoms with Gasteiger partial charge in [0.05, 0.1) is 6.54 Å². The zero-order valence-electron chi connectivity index (χ0n) is 12.6. The predicted molar refractivity (Wildman–Crippen MR) is 74.9 cm³/mol. The minimum absolute atomic E-state index is 0.0495. The maximum absolute atomic E-state index is 15.1. The second-order valence-electron chi connectivity index (χ2n) is 5.47. The van der Waals surface area contributed by atoms with Gasteiger partial charge in [0.1, 0.15) is 5.69 Å². The number of carbonyl (C=O) groups is 1. The summed E-state index contributed by atoms with van der Waals surface area (Å²) in [6.07, 6.45) is 2.39. The van der Waals surface area contributed by atoms with Crippen molar-refractivity contribution in [3.63, 3.8) is 0 Å². The van der Waals surface area contributed by atoms with Gasteiger partial charge in [-0.15, -0.1) is 0 Å². The lowest BCUT2D eigenvalue weighted by molar-refractivity contribution is 0.0146. The molecule has 1 fully saturated rings. The quantitative estimate of drug-likeness (QED) is 0.862. The van der Waals surface area contributed by atoms with Crippen molar-refractivity contribution in [1.82, 2.24) is 24.8 Å². The topological polar surface area (TPSA) is 77.1 Å². The van der Waals surface area contributed by atoms with E-state index in [9.17, 15) is 4.79 Å². The summed E-state index contributed by atoms with van der Waals surface area (Å²) in [4.78, 5) is 18.1. The summed E-state index contributed by atoms with van der Waals surface area (Å²) in [6.45, 7) is 4.56. The zero-order valence-corrected chi connectivity index (χ0v) is 12.6. The van der Waals surface area contributed by atoms with E-state index < -0.39 is 5.67 Å². The average Bonchev–Trinajstić information content (AvgIpc) is 3.15. The highest BCUT2D eigenvalue weighted by molar-refractivity contribution is 5.92. The fourth-order valence-electron chi connectivity index (χ4n) is 2.77. The molecule has 0 radical (unpaired) electrons. The molecule has 0 spiro atoms. The molecule has 0 bridgehead atoms.